The van der Waals surface area contributed by atoms with E-state index in [9.17, 15) is 24.3 Å². The summed E-state index contributed by atoms with van der Waals surface area (Å²) >= 11 is 1.30. The average molecular weight is 649 g/mol. The molecule has 17 nitrogen and oxygen atoms in total. The van der Waals surface area contributed by atoms with E-state index in [0.29, 0.717) is 29.8 Å². The number of hydrogen-bond donors (Lipinski definition) is 10. The molecule has 5 unspecified atom stereocenters. The van der Waals surface area contributed by atoms with Crippen LogP contribution in [-0.2, 0) is 19.2 Å². The Bertz CT molecular complexity index is 1330. The van der Waals surface area contributed by atoms with Gasteiger partial charge in [-0.2, -0.15) is 0 Å². The second kappa shape index (κ2) is 18.3. The highest BCUT2D eigenvalue weighted by atomic mass is 32.1. The number of aromatic nitrogens is 1. The first-order valence-corrected chi connectivity index (χ1v) is 15.2. The van der Waals surface area contributed by atoms with Gasteiger partial charge in [0.2, 0.25) is 23.6 Å². The van der Waals surface area contributed by atoms with Gasteiger partial charge in [0, 0.05) is 19.5 Å². The van der Waals surface area contributed by atoms with Crippen LogP contribution in [0, 0.1) is 0 Å². The van der Waals surface area contributed by atoms with E-state index in [2.05, 4.69) is 30.9 Å². The topological polar surface area (TPSA) is 318 Å². The number of carbonyl (C=O) groups is 4. The monoisotopic (exact) mass is 648 g/mol. The van der Waals surface area contributed by atoms with Gasteiger partial charge in [-0.25, -0.2) is 4.98 Å². The normalized spacial score (nSPS) is 14.3. The minimum atomic E-state index is -1.20. The molecule has 0 saturated carbocycles. The van der Waals surface area contributed by atoms with Crippen LogP contribution in [0.3, 0.4) is 0 Å². The minimum absolute atomic E-state index is 0.0801. The Balaban J connectivity index is 2.09. The lowest BCUT2D eigenvalue weighted by Gasteiger charge is -2.26. The summed E-state index contributed by atoms with van der Waals surface area (Å²) in [7, 11) is 0. The smallest absolute Gasteiger partial charge is 0.243 e. The summed E-state index contributed by atoms with van der Waals surface area (Å²) in [5, 5.41) is 19.5. The molecule has 248 valence electrons. The van der Waals surface area contributed by atoms with Crippen LogP contribution < -0.4 is 50.4 Å². The number of aliphatic hydroxyl groups excluding tert-OH is 1. The number of hydrogen-bond acceptors (Lipinski definition) is 10. The Morgan fingerprint density at radius 2 is 1.49 bits per heavy atom. The number of benzene rings is 1. The van der Waals surface area contributed by atoms with Crippen molar-refractivity contribution in [1.82, 2.24) is 20.9 Å². The highest BCUT2D eigenvalue weighted by molar-refractivity contribution is 7.18. The van der Waals surface area contributed by atoms with Crippen LogP contribution in [0.15, 0.2) is 34.3 Å². The van der Waals surface area contributed by atoms with Crippen molar-refractivity contribution in [3.05, 3.63) is 29.3 Å². The lowest BCUT2D eigenvalue weighted by atomic mass is 10.0. The lowest BCUT2D eigenvalue weighted by molar-refractivity contribution is -0.133. The van der Waals surface area contributed by atoms with E-state index in [0.717, 1.165) is 4.70 Å². The Kier molecular flexibility index (Phi) is 14.9. The maximum absolute atomic E-state index is 13.2. The molecule has 0 aliphatic rings. The number of nitrogens with two attached hydrogens (primary N) is 6. The van der Waals surface area contributed by atoms with Gasteiger partial charge in [-0.1, -0.05) is 12.1 Å². The zero-order valence-corrected chi connectivity index (χ0v) is 26.0. The standard InChI is InChI=1S/C27H44N12O5S/c1-14(36-24(44)18(10-11-20(29)40)38-23(43)15(28)6-4-12-34-26(30)31)22(42)37-17(8-5-13-35-27(32)33)21(41)25-39-16-7-2-3-9-19(16)45-25/h2-3,7,9,14-15,17-18,21,41H,4-6,8,10-13,28H2,1H3,(H2,29,40)(H,36,44)(H,37,42)(H,38,43)(H4,30,31,34)(H4,32,33,35). The second-order valence-electron chi connectivity index (χ2n) is 10.4. The van der Waals surface area contributed by atoms with E-state index in [1.54, 1.807) is 0 Å². The van der Waals surface area contributed by atoms with Crippen LogP contribution >= 0.6 is 11.3 Å². The van der Waals surface area contributed by atoms with Crippen LogP contribution in [0.5, 0.6) is 0 Å². The molecule has 1 aromatic carbocycles. The van der Waals surface area contributed by atoms with Gasteiger partial charge >= 0.3 is 0 Å². The molecule has 4 amide bonds. The van der Waals surface area contributed by atoms with E-state index >= 15 is 0 Å². The van der Waals surface area contributed by atoms with Crippen molar-refractivity contribution < 1.29 is 24.3 Å². The van der Waals surface area contributed by atoms with E-state index in [1.807, 2.05) is 24.3 Å². The molecule has 0 saturated heterocycles. The maximum atomic E-state index is 13.2. The van der Waals surface area contributed by atoms with Crippen molar-refractivity contribution in [2.24, 2.45) is 44.4 Å². The molecular formula is C27H44N12O5S. The number of primary amides is 1. The molecule has 2 aromatic rings. The molecule has 0 radical (unpaired) electrons. The number of aliphatic hydroxyl groups is 1. The molecule has 0 spiro atoms. The fourth-order valence-corrected chi connectivity index (χ4v) is 5.21. The summed E-state index contributed by atoms with van der Waals surface area (Å²) in [6.07, 6.45) is -0.122. The van der Waals surface area contributed by atoms with Crippen molar-refractivity contribution >= 4 is 57.1 Å². The first-order chi connectivity index (χ1) is 21.3. The van der Waals surface area contributed by atoms with Crippen molar-refractivity contribution in [3.63, 3.8) is 0 Å². The van der Waals surface area contributed by atoms with Crippen molar-refractivity contribution in [1.29, 1.82) is 0 Å². The van der Waals surface area contributed by atoms with Crippen molar-refractivity contribution in [3.8, 4) is 0 Å². The molecule has 0 aliphatic heterocycles. The van der Waals surface area contributed by atoms with Crippen LogP contribution in [-0.4, -0.2) is 82.9 Å². The number of rotatable bonds is 19. The van der Waals surface area contributed by atoms with Gasteiger partial charge in [0.05, 0.1) is 22.3 Å². The van der Waals surface area contributed by atoms with E-state index in [1.165, 1.54) is 18.3 Å². The summed E-state index contributed by atoms with van der Waals surface area (Å²) in [6.45, 7) is 1.98. The molecule has 0 bridgehead atoms. The summed E-state index contributed by atoms with van der Waals surface area (Å²) < 4.78 is 0.871. The Hall–Kier alpha value is -4.55. The van der Waals surface area contributed by atoms with Crippen LogP contribution in [0.2, 0.25) is 0 Å². The predicted molar refractivity (Wildman–Crippen MR) is 172 cm³/mol. The molecule has 2 rings (SSSR count). The van der Waals surface area contributed by atoms with Gasteiger partial charge < -0.3 is 55.5 Å². The molecule has 45 heavy (non-hydrogen) atoms. The number of guanidine groups is 2. The number of aliphatic imine (C=N–C) groups is 2. The van der Waals surface area contributed by atoms with E-state index in [-0.39, 0.29) is 44.3 Å². The van der Waals surface area contributed by atoms with E-state index in [4.69, 9.17) is 34.4 Å². The fraction of sp³-hybridized carbons (Fsp3) is 0.519. The lowest BCUT2D eigenvalue weighted by Crippen LogP contribution is -2.56. The highest BCUT2D eigenvalue weighted by Crippen LogP contribution is 2.29. The second-order valence-corrected chi connectivity index (χ2v) is 11.4. The number of thiazole rings is 1. The third-order valence-electron chi connectivity index (χ3n) is 6.61. The first-order valence-electron chi connectivity index (χ1n) is 14.4. The molecule has 0 fully saturated rings. The molecule has 18 heteroatoms. The van der Waals surface area contributed by atoms with Crippen molar-refractivity contribution in [2.45, 2.75) is 75.7 Å². The number of nitrogens with zero attached hydrogens (tertiary/aromatic N) is 3. The van der Waals surface area contributed by atoms with E-state index < -0.39 is 53.9 Å². The predicted octanol–water partition coefficient (Wildman–Crippen LogP) is -2.50. The summed E-state index contributed by atoms with van der Waals surface area (Å²) in [6, 6.07) is 3.31. The highest BCUT2D eigenvalue weighted by Gasteiger charge is 2.30. The quantitative estimate of drug-likeness (QED) is 0.0431. The SMILES string of the molecule is CC(NC(=O)C(CCC(N)=O)NC(=O)C(N)CCCN=C(N)N)C(=O)NC(CCCN=C(N)N)C(O)c1nc2ccccc2s1. The van der Waals surface area contributed by atoms with Gasteiger partial charge in [0.25, 0.3) is 0 Å². The first kappa shape index (κ1) is 36.6. The fourth-order valence-electron chi connectivity index (χ4n) is 4.19. The number of carbonyl (C=O) groups excluding carboxylic acids is 4. The third kappa shape index (κ3) is 12.9. The number of fused-ring (bicyclic) bond motifs is 1. The molecular weight excluding hydrogens is 604 g/mol. The van der Waals surface area contributed by atoms with Gasteiger partial charge in [-0.3, -0.25) is 29.2 Å². The summed E-state index contributed by atoms with van der Waals surface area (Å²) in [4.78, 5) is 62.7. The van der Waals surface area contributed by atoms with Crippen LogP contribution in [0.4, 0.5) is 0 Å². The Morgan fingerprint density at radius 3 is 2.09 bits per heavy atom. The number of nitrogens with one attached hydrogen (secondary N) is 3. The Labute approximate surface area is 264 Å². The molecule has 1 aromatic heterocycles. The zero-order chi connectivity index (χ0) is 33.5. The summed E-state index contributed by atoms with van der Waals surface area (Å²) in [5.74, 6) is -2.81. The summed E-state index contributed by atoms with van der Waals surface area (Å²) in [5.41, 5.74) is 33.3. The molecule has 16 N–H and O–H groups in total. The van der Waals surface area contributed by atoms with Gasteiger partial charge in [0.1, 0.15) is 23.2 Å². The van der Waals surface area contributed by atoms with Gasteiger partial charge in [-0.05, 0) is 51.2 Å². The minimum Gasteiger partial charge on any atom is -0.384 e. The number of amides is 4. The maximum Gasteiger partial charge on any atom is 0.243 e. The molecule has 5 atom stereocenters. The van der Waals surface area contributed by atoms with Gasteiger partial charge in [0.15, 0.2) is 11.9 Å². The Morgan fingerprint density at radius 1 is 0.867 bits per heavy atom. The van der Waals surface area contributed by atoms with Crippen molar-refractivity contribution in [2.75, 3.05) is 13.1 Å². The molecule has 0 aliphatic carbocycles. The zero-order valence-electron chi connectivity index (χ0n) is 25.1. The molecule has 1 heterocycles. The number of para-hydroxylation sites is 1. The average Bonchev–Trinajstić information content (AvgIpc) is 3.42. The van der Waals surface area contributed by atoms with Crippen LogP contribution in [0.25, 0.3) is 10.2 Å². The largest absolute Gasteiger partial charge is 0.384 e. The third-order valence-corrected chi connectivity index (χ3v) is 7.72. The van der Waals surface area contributed by atoms with Crippen LogP contribution in [0.1, 0.15) is 56.6 Å². The van der Waals surface area contributed by atoms with Gasteiger partial charge in [-0.15, -0.1) is 11.3 Å².